The molecule has 0 fully saturated rings. The van der Waals surface area contributed by atoms with Gasteiger partial charge in [-0.15, -0.1) is 0 Å². The zero-order valence-electron chi connectivity index (χ0n) is 8.75. The Morgan fingerprint density at radius 1 is 1.44 bits per heavy atom. The number of hydrogen-bond acceptors (Lipinski definition) is 5. The number of carboxylic acids is 1. The van der Waals surface area contributed by atoms with Gasteiger partial charge >= 0.3 is 5.97 Å². The molecule has 3 N–H and O–H groups in total. The summed E-state index contributed by atoms with van der Waals surface area (Å²) in [5.41, 5.74) is 4.92. The highest BCUT2D eigenvalue weighted by atomic mass is 16.4. The molecule has 1 aromatic rings. The van der Waals surface area contributed by atoms with Crippen LogP contribution >= 0.6 is 0 Å². The Morgan fingerprint density at radius 3 is 2.50 bits per heavy atom. The first-order chi connectivity index (χ1) is 7.54. The number of amides is 1. The van der Waals surface area contributed by atoms with E-state index in [2.05, 4.69) is 9.97 Å². The topological polar surface area (TPSA) is 109 Å². The van der Waals surface area contributed by atoms with E-state index in [-0.39, 0.29) is 12.2 Å². The van der Waals surface area contributed by atoms with Crippen LogP contribution in [0.25, 0.3) is 0 Å². The van der Waals surface area contributed by atoms with Gasteiger partial charge in [0.2, 0.25) is 5.91 Å². The summed E-state index contributed by atoms with van der Waals surface area (Å²) < 4.78 is 0. The number of hydrogen-bond donors (Lipinski definition) is 2. The van der Waals surface area contributed by atoms with Crippen LogP contribution < -0.4 is 10.6 Å². The highest BCUT2D eigenvalue weighted by Crippen LogP contribution is 2.07. The van der Waals surface area contributed by atoms with Gasteiger partial charge in [-0.1, -0.05) is 0 Å². The number of primary amides is 1. The van der Waals surface area contributed by atoms with E-state index in [0.717, 1.165) is 6.20 Å². The minimum atomic E-state index is -1.14. The van der Waals surface area contributed by atoms with Crippen LogP contribution in [0.5, 0.6) is 0 Å². The predicted molar refractivity (Wildman–Crippen MR) is 56.1 cm³/mol. The second-order valence-electron chi connectivity index (χ2n) is 3.05. The molecule has 0 aliphatic carbocycles. The number of likely N-dealkylation sites (N-methyl/N-ethyl adjacent to an activating group) is 1. The summed E-state index contributed by atoms with van der Waals surface area (Å²) in [6.07, 6.45) is 2.44. The largest absolute Gasteiger partial charge is 0.476 e. The number of anilines is 1. The number of carboxylic acid groups (broad SMARTS) is 1. The lowest BCUT2D eigenvalue weighted by atomic mass is 10.4. The van der Waals surface area contributed by atoms with Crippen molar-refractivity contribution in [2.75, 3.05) is 18.0 Å². The molecule has 0 aliphatic rings. The van der Waals surface area contributed by atoms with Crippen molar-refractivity contribution < 1.29 is 14.7 Å². The van der Waals surface area contributed by atoms with E-state index in [4.69, 9.17) is 10.8 Å². The SMILES string of the molecule is CCN(CC(N)=O)c1cnc(C(=O)O)cn1. The Bertz CT molecular complexity index is 390. The number of nitrogens with zero attached hydrogens (tertiary/aromatic N) is 3. The normalized spacial score (nSPS) is 9.81. The van der Waals surface area contributed by atoms with Crippen LogP contribution in [0.15, 0.2) is 12.4 Å². The van der Waals surface area contributed by atoms with Gasteiger partial charge in [0.1, 0.15) is 5.82 Å². The fraction of sp³-hybridized carbons (Fsp3) is 0.333. The molecule has 7 heteroatoms. The second-order valence-corrected chi connectivity index (χ2v) is 3.05. The van der Waals surface area contributed by atoms with E-state index in [0.29, 0.717) is 12.4 Å². The number of rotatable bonds is 5. The third-order valence-electron chi connectivity index (χ3n) is 1.91. The van der Waals surface area contributed by atoms with Crippen molar-refractivity contribution in [2.45, 2.75) is 6.92 Å². The summed E-state index contributed by atoms with van der Waals surface area (Å²) in [6, 6.07) is 0. The van der Waals surface area contributed by atoms with Crippen molar-refractivity contribution in [3.05, 3.63) is 18.1 Å². The third-order valence-corrected chi connectivity index (χ3v) is 1.91. The van der Waals surface area contributed by atoms with E-state index in [9.17, 15) is 9.59 Å². The minimum absolute atomic E-state index is 0.0254. The molecule has 1 rings (SSSR count). The molecule has 0 bridgehead atoms. The zero-order valence-corrected chi connectivity index (χ0v) is 8.75. The molecule has 1 aromatic heterocycles. The Morgan fingerprint density at radius 2 is 2.12 bits per heavy atom. The molecule has 1 heterocycles. The van der Waals surface area contributed by atoms with Crippen LogP contribution in [0.2, 0.25) is 0 Å². The number of nitrogens with two attached hydrogens (primary N) is 1. The molecular weight excluding hydrogens is 212 g/mol. The highest BCUT2D eigenvalue weighted by molar-refractivity contribution is 5.85. The summed E-state index contributed by atoms with van der Waals surface area (Å²) in [6.45, 7) is 2.39. The van der Waals surface area contributed by atoms with E-state index in [1.807, 2.05) is 6.92 Å². The van der Waals surface area contributed by atoms with Crippen molar-refractivity contribution in [2.24, 2.45) is 5.73 Å². The van der Waals surface area contributed by atoms with Crippen LogP contribution in [0.4, 0.5) is 5.82 Å². The molecule has 16 heavy (non-hydrogen) atoms. The van der Waals surface area contributed by atoms with E-state index < -0.39 is 11.9 Å². The quantitative estimate of drug-likeness (QED) is 0.696. The zero-order chi connectivity index (χ0) is 12.1. The van der Waals surface area contributed by atoms with Crippen molar-refractivity contribution in [3.8, 4) is 0 Å². The van der Waals surface area contributed by atoms with Gasteiger partial charge < -0.3 is 15.7 Å². The fourth-order valence-electron chi connectivity index (χ4n) is 1.14. The Balaban J connectivity index is 2.86. The molecule has 86 valence electrons. The van der Waals surface area contributed by atoms with Gasteiger partial charge in [-0.05, 0) is 6.92 Å². The Labute approximate surface area is 91.9 Å². The molecular formula is C9H12N4O3. The number of carbonyl (C=O) groups excluding carboxylic acids is 1. The maximum absolute atomic E-state index is 10.8. The molecule has 7 nitrogen and oxygen atoms in total. The third kappa shape index (κ3) is 2.91. The summed E-state index contributed by atoms with van der Waals surface area (Å²) >= 11 is 0. The summed E-state index contributed by atoms with van der Waals surface area (Å²) in [5.74, 6) is -1.20. The monoisotopic (exact) mass is 224 g/mol. The average Bonchev–Trinajstić information content (AvgIpc) is 2.25. The molecule has 0 aromatic carbocycles. The van der Waals surface area contributed by atoms with E-state index in [1.54, 1.807) is 4.90 Å². The van der Waals surface area contributed by atoms with Crippen LogP contribution in [-0.4, -0.2) is 40.0 Å². The van der Waals surface area contributed by atoms with E-state index >= 15 is 0 Å². The molecule has 0 radical (unpaired) electrons. The van der Waals surface area contributed by atoms with Crippen molar-refractivity contribution >= 4 is 17.7 Å². The number of aromatic nitrogens is 2. The summed E-state index contributed by atoms with van der Waals surface area (Å²) in [7, 11) is 0. The van der Waals surface area contributed by atoms with Crippen molar-refractivity contribution in [3.63, 3.8) is 0 Å². The lowest BCUT2D eigenvalue weighted by Gasteiger charge is -2.19. The van der Waals surface area contributed by atoms with Crippen LogP contribution in [0, 0.1) is 0 Å². The van der Waals surface area contributed by atoms with Gasteiger partial charge in [0, 0.05) is 6.54 Å². The van der Waals surface area contributed by atoms with Gasteiger partial charge in [-0.3, -0.25) is 4.79 Å². The average molecular weight is 224 g/mol. The predicted octanol–water partition coefficient (Wildman–Crippen LogP) is -0.514. The molecule has 0 unspecified atom stereocenters. The first kappa shape index (κ1) is 11.9. The van der Waals surface area contributed by atoms with Crippen molar-refractivity contribution in [1.29, 1.82) is 0 Å². The first-order valence-electron chi connectivity index (χ1n) is 4.63. The smallest absolute Gasteiger partial charge is 0.356 e. The van der Waals surface area contributed by atoms with Gasteiger partial charge in [-0.25, -0.2) is 14.8 Å². The number of carbonyl (C=O) groups is 2. The standard InChI is InChI=1S/C9H12N4O3/c1-2-13(5-7(10)14)8-4-11-6(3-12-8)9(15)16/h3-4H,2,5H2,1H3,(H2,10,14)(H,15,16). The Kier molecular flexibility index (Phi) is 3.76. The van der Waals surface area contributed by atoms with Gasteiger partial charge in [0.25, 0.3) is 0 Å². The molecule has 0 saturated heterocycles. The van der Waals surface area contributed by atoms with Crippen LogP contribution in [0.3, 0.4) is 0 Å². The molecule has 0 spiro atoms. The Hall–Kier alpha value is -2.18. The van der Waals surface area contributed by atoms with Crippen molar-refractivity contribution in [1.82, 2.24) is 9.97 Å². The van der Waals surface area contributed by atoms with Crippen LogP contribution in [-0.2, 0) is 4.79 Å². The summed E-state index contributed by atoms with van der Waals surface area (Å²) in [4.78, 5) is 30.5. The molecule has 0 aliphatic heterocycles. The first-order valence-corrected chi connectivity index (χ1v) is 4.63. The van der Waals surface area contributed by atoms with Crippen LogP contribution in [0.1, 0.15) is 17.4 Å². The molecule has 0 saturated carbocycles. The molecule has 1 amide bonds. The van der Waals surface area contributed by atoms with Gasteiger partial charge in [0.15, 0.2) is 5.69 Å². The van der Waals surface area contributed by atoms with E-state index in [1.165, 1.54) is 6.20 Å². The maximum atomic E-state index is 10.8. The lowest BCUT2D eigenvalue weighted by molar-refractivity contribution is -0.116. The molecule has 0 atom stereocenters. The van der Waals surface area contributed by atoms with Gasteiger partial charge in [0.05, 0.1) is 18.9 Å². The second kappa shape index (κ2) is 5.06. The van der Waals surface area contributed by atoms with Gasteiger partial charge in [-0.2, -0.15) is 0 Å². The highest BCUT2D eigenvalue weighted by Gasteiger charge is 2.11. The summed E-state index contributed by atoms with van der Waals surface area (Å²) in [5, 5.41) is 8.63. The fourth-order valence-corrected chi connectivity index (χ4v) is 1.14. The lowest BCUT2D eigenvalue weighted by Crippen LogP contribution is -2.34. The number of aromatic carboxylic acids is 1. The minimum Gasteiger partial charge on any atom is -0.476 e. The maximum Gasteiger partial charge on any atom is 0.356 e.